The second-order valence-electron chi connectivity index (χ2n) is 6.01. The second-order valence-corrected chi connectivity index (χ2v) is 7.70. The van der Waals surface area contributed by atoms with E-state index in [1.54, 1.807) is 36.1 Å². The van der Waals surface area contributed by atoms with Crippen molar-refractivity contribution in [2.75, 3.05) is 22.8 Å². The van der Waals surface area contributed by atoms with Crippen molar-refractivity contribution in [2.45, 2.75) is 24.7 Å². The van der Waals surface area contributed by atoms with Crippen LogP contribution in [0.3, 0.4) is 0 Å². The molecule has 2 aromatic carbocycles. The van der Waals surface area contributed by atoms with Crippen molar-refractivity contribution in [1.82, 2.24) is 0 Å². The average Bonchev–Trinajstić information content (AvgIpc) is 3.08. The first-order valence-electron chi connectivity index (χ1n) is 8.62. The molecule has 1 amide bonds. The van der Waals surface area contributed by atoms with Gasteiger partial charge in [0.1, 0.15) is 0 Å². The third-order valence-electron chi connectivity index (χ3n) is 4.20. The Morgan fingerprint density at radius 2 is 1.85 bits per heavy atom. The van der Waals surface area contributed by atoms with Gasteiger partial charge < -0.3 is 9.64 Å². The number of rotatable bonds is 6. The van der Waals surface area contributed by atoms with Crippen molar-refractivity contribution in [1.29, 1.82) is 0 Å². The van der Waals surface area contributed by atoms with Gasteiger partial charge in [0, 0.05) is 18.7 Å². The first kappa shape index (κ1) is 18.9. The molecule has 1 fully saturated rings. The maximum Gasteiger partial charge on any atom is 0.340 e. The summed E-state index contributed by atoms with van der Waals surface area (Å²) in [7, 11) is -3.90. The van der Waals surface area contributed by atoms with E-state index >= 15 is 0 Å². The summed E-state index contributed by atoms with van der Waals surface area (Å²) in [6, 6.07) is 12.4. The smallest absolute Gasteiger partial charge is 0.340 e. The number of nitrogens with one attached hydrogen (secondary N) is 1. The molecule has 0 atom stereocenters. The molecule has 1 N–H and O–H groups in total. The van der Waals surface area contributed by atoms with Crippen LogP contribution in [0.1, 0.15) is 30.1 Å². The predicted octanol–water partition coefficient (Wildman–Crippen LogP) is 2.79. The molecular formula is C19H20N2O5S. The fourth-order valence-electron chi connectivity index (χ4n) is 2.89. The lowest BCUT2D eigenvalue weighted by atomic mass is 10.2. The summed E-state index contributed by atoms with van der Waals surface area (Å²) >= 11 is 0. The first-order chi connectivity index (χ1) is 12.9. The normalized spacial score (nSPS) is 14.3. The van der Waals surface area contributed by atoms with Crippen LogP contribution in [0.15, 0.2) is 53.4 Å². The maximum atomic E-state index is 12.7. The van der Waals surface area contributed by atoms with Crippen LogP contribution in [0, 0.1) is 0 Å². The highest BCUT2D eigenvalue weighted by molar-refractivity contribution is 7.92. The highest BCUT2D eigenvalue weighted by atomic mass is 32.2. The highest BCUT2D eigenvalue weighted by Crippen LogP contribution is 2.25. The molecule has 27 heavy (non-hydrogen) atoms. The number of para-hydroxylation sites is 1. The third-order valence-corrected chi connectivity index (χ3v) is 5.58. The Morgan fingerprint density at radius 3 is 2.48 bits per heavy atom. The fraction of sp³-hybridized carbons (Fsp3) is 0.263. The molecule has 142 valence electrons. The van der Waals surface area contributed by atoms with E-state index in [1.165, 1.54) is 24.3 Å². The van der Waals surface area contributed by atoms with Gasteiger partial charge in [0.25, 0.3) is 10.0 Å². The lowest BCUT2D eigenvalue weighted by molar-refractivity contribution is -0.117. The fourth-order valence-corrected chi connectivity index (χ4v) is 3.97. The van der Waals surface area contributed by atoms with E-state index in [0.717, 1.165) is 6.42 Å². The molecule has 0 saturated carbocycles. The molecule has 0 aromatic heterocycles. The summed E-state index contributed by atoms with van der Waals surface area (Å²) in [5.41, 5.74) is 0.959. The van der Waals surface area contributed by atoms with E-state index in [0.29, 0.717) is 18.7 Å². The quantitative estimate of drug-likeness (QED) is 0.768. The van der Waals surface area contributed by atoms with E-state index < -0.39 is 16.0 Å². The number of amides is 1. The summed E-state index contributed by atoms with van der Waals surface area (Å²) in [5.74, 6) is -0.564. The van der Waals surface area contributed by atoms with Crippen LogP contribution < -0.4 is 9.62 Å². The number of anilines is 2. The van der Waals surface area contributed by atoms with Crippen molar-refractivity contribution >= 4 is 33.3 Å². The summed E-state index contributed by atoms with van der Waals surface area (Å²) < 4.78 is 32.8. The molecule has 2 aromatic rings. The number of sulfonamides is 1. The van der Waals surface area contributed by atoms with E-state index in [1.807, 2.05) is 0 Å². The van der Waals surface area contributed by atoms with Gasteiger partial charge in [-0.2, -0.15) is 0 Å². The van der Waals surface area contributed by atoms with Crippen LogP contribution in [0.2, 0.25) is 0 Å². The van der Waals surface area contributed by atoms with Gasteiger partial charge in [0.05, 0.1) is 22.8 Å². The topological polar surface area (TPSA) is 92.8 Å². The average molecular weight is 388 g/mol. The lowest BCUT2D eigenvalue weighted by Crippen LogP contribution is -2.23. The molecule has 1 aliphatic rings. The number of hydrogen-bond donors (Lipinski definition) is 1. The Labute approximate surface area is 158 Å². The van der Waals surface area contributed by atoms with Crippen LogP contribution >= 0.6 is 0 Å². The number of nitrogens with zero attached hydrogens (tertiary/aromatic N) is 1. The molecule has 1 saturated heterocycles. The molecule has 0 radical (unpaired) electrons. The summed E-state index contributed by atoms with van der Waals surface area (Å²) in [5, 5.41) is 0. The zero-order valence-corrected chi connectivity index (χ0v) is 15.7. The number of carbonyl (C=O) groups is 2. The monoisotopic (exact) mass is 388 g/mol. The molecule has 1 heterocycles. The van der Waals surface area contributed by atoms with Crippen molar-refractivity contribution in [3.8, 4) is 0 Å². The second kappa shape index (κ2) is 7.79. The molecule has 3 rings (SSSR count). The standard InChI is InChI=1S/C19H20N2O5S/c1-2-26-19(23)16-6-3-4-7-17(16)20-27(24,25)15-11-9-14(10-12-15)21-13-5-8-18(21)22/h3-4,6-7,9-12,20H,2,5,8,13H2,1H3. The van der Waals surface area contributed by atoms with Crippen molar-refractivity contribution in [2.24, 2.45) is 0 Å². The maximum absolute atomic E-state index is 12.7. The van der Waals surface area contributed by atoms with Gasteiger partial charge in [0.2, 0.25) is 5.91 Å². The predicted molar refractivity (Wildman–Crippen MR) is 101 cm³/mol. The Kier molecular flexibility index (Phi) is 5.46. The Balaban J connectivity index is 1.83. The van der Waals surface area contributed by atoms with E-state index in [4.69, 9.17) is 4.74 Å². The van der Waals surface area contributed by atoms with Gasteiger partial charge in [-0.25, -0.2) is 13.2 Å². The van der Waals surface area contributed by atoms with Gasteiger partial charge in [-0.3, -0.25) is 9.52 Å². The summed E-state index contributed by atoms with van der Waals surface area (Å²) in [6.45, 7) is 2.50. The molecule has 8 heteroatoms. The molecule has 0 bridgehead atoms. The lowest BCUT2D eigenvalue weighted by Gasteiger charge is -2.16. The van der Waals surface area contributed by atoms with E-state index in [-0.39, 0.29) is 28.7 Å². The van der Waals surface area contributed by atoms with Crippen LogP contribution in [0.5, 0.6) is 0 Å². The number of ether oxygens (including phenoxy) is 1. The SMILES string of the molecule is CCOC(=O)c1ccccc1NS(=O)(=O)c1ccc(N2CCCC2=O)cc1. The largest absolute Gasteiger partial charge is 0.462 e. The zero-order valence-electron chi connectivity index (χ0n) is 14.8. The minimum absolute atomic E-state index is 0.0343. The Hall–Kier alpha value is -2.87. The van der Waals surface area contributed by atoms with E-state index in [9.17, 15) is 18.0 Å². The van der Waals surface area contributed by atoms with Crippen LogP contribution in [-0.2, 0) is 19.6 Å². The first-order valence-corrected chi connectivity index (χ1v) is 10.1. The third kappa shape index (κ3) is 4.11. The van der Waals surface area contributed by atoms with Gasteiger partial charge in [-0.1, -0.05) is 12.1 Å². The van der Waals surface area contributed by atoms with Crippen molar-refractivity contribution in [3.63, 3.8) is 0 Å². The van der Waals surface area contributed by atoms with E-state index in [2.05, 4.69) is 4.72 Å². The summed E-state index contributed by atoms with van der Waals surface area (Å²) in [6.07, 6.45) is 1.30. The van der Waals surface area contributed by atoms with Crippen LogP contribution in [-0.4, -0.2) is 33.4 Å². The van der Waals surface area contributed by atoms with Crippen molar-refractivity contribution < 1.29 is 22.7 Å². The van der Waals surface area contributed by atoms with Gasteiger partial charge in [0.15, 0.2) is 0 Å². The van der Waals surface area contributed by atoms with Gasteiger partial charge in [-0.15, -0.1) is 0 Å². The van der Waals surface area contributed by atoms with Crippen molar-refractivity contribution in [3.05, 3.63) is 54.1 Å². The van der Waals surface area contributed by atoms with Gasteiger partial charge in [-0.05, 0) is 49.7 Å². The zero-order chi connectivity index (χ0) is 19.4. The number of esters is 1. The number of carbonyl (C=O) groups excluding carboxylic acids is 2. The van der Waals surface area contributed by atoms with Crippen LogP contribution in [0.25, 0.3) is 0 Å². The van der Waals surface area contributed by atoms with Crippen LogP contribution in [0.4, 0.5) is 11.4 Å². The number of benzene rings is 2. The Bertz CT molecular complexity index is 954. The molecule has 1 aliphatic heterocycles. The van der Waals surface area contributed by atoms with Gasteiger partial charge >= 0.3 is 5.97 Å². The molecule has 0 unspecified atom stereocenters. The number of hydrogen-bond acceptors (Lipinski definition) is 5. The highest BCUT2D eigenvalue weighted by Gasteiger charge is 2.23. The molecule has 7 nitrogen and oxygen atoms in total. The minimum Gasteiger partial charge on any atom is -0.462 e. The summed E-state index contributed by atoms with van der Waals surface area (Å²) in [4.78, 5) is 25.5. The molecular weight excluding hydrogens is 368 g/mol. The molecule has 0 aliphatic carbocycles. The molecule has 0 spiro atoms. The Morgan fingerprint density at radius 1 is 1.15 bits per heavy atom. The minimum atomic E-state index is -3.90.